The fourth-order valence-corrected chi connectivity index (χ4v) is 1.41. The van der Waals surface area contributed by atoms with Crippen molar-refractivity contribution >= 4 is 11.9 Å². The minimum atomic E-state index is -1.60. The molecule has 2 N–H and O–H groups in total. The molecule has 0 radical (unpaired) electrons. The molecule has 0 aliphatic heterocycles. The number of aliphatic carboxylic acids is 2. The molecule has 0 aliphatic rings. The summed E-state index contributed by atoms with van der Waals surface area (Å²) in [5.74, 6) is -2.42. The van der Waals surface area contributed by atoms with E-state index < -0.39 is 17.4 Å². The van der Waals surface area contributed by atoms with Gasteiger partial charge in [-0.25, -0.2) is 0 Å². The van der Waals surface area contributed by atoms with Crippen LogP contribution in [0.4, 0.5) is 0 Å². The Labute approximate surface area is 128 Å². The largest absolute Gasteiger partial charge is 1.00 e. The fraction of sp³-hybridized carbons (Fsp3) is 0.778. The molecule has 0 aromatic carbocycles. The summed E-state index contributed by atoms with van der Waals surface area (Å²) in [6.07, 6.45) is 0.296. The van der Waals surface area contributed by atoms with Gasteiger partial charge in [0.05, 0.1) is 0 Å². The molecule has 78 valence electrons. The molecular weight excluding hydrogens is 211 g/mol. The zero-order chi connectivity index (χ0) is 10.6. The van der Waals surface area contributed by atoms with E-state index >= 15 is 0 Å². The molecule has 0 bridgehead atoms. The van der Waals surface area contributed by atoms with E-state index in [0.717, 1.165) is 0 Å². The standard InChI is InChI=1S/C9H16O4.K.H/c1-4-9(7(10)11,8(12)13)5-6(2)3;;/h6H,4-5H2,1-3H3,(H,10,11)(H,12,13);;/q;+1;-1. The van der Waals surface area contributed by atoms with Crippen LogP contribution in [0.25, 0.3) is 0 Å². The SMILES string of the molecule is CCC(CC(C)C)(C(=O)O)C(=O)O.[H-].[K+]. The van der Waals surface area contributed by atoms with Crippen molar-refractivity contribution in [3.63, 3.8) is 0 Å². The molecule has 0 heterocycles. The summed E-state index contributed by atoms with van der Waals surface area (Å²) >= 11 is 0. The maximum atomic E-state index is 10.8. The zero-order valence-electron chi connectivity index (χ0n) is 10.2. The van der Waals surface area contributed by atoms with Gasteiger partial charge in [-0.15, -0.1) is 0 Å². The van der Waals surface area contributed by atoms with Crippen molar-refractivity contribution < 1.29 is 72.6 Å². The van der Waals surface area contributed by atoms with Crippen LogP contribution in [0.5, 0.6) is 0 Å². The van der Waals surface area contributed by atoms with Gasteiger partial charge in [-0.3, -0.25) is 9.59 Å². The van der Waals surface area contributed by atoms with Gasteiger partial charge >= 0.3 is 63.3 Å². The van der Waals surface area contributed by atoms with E-state index in [9.17, 15) is 9.59 Å². The van der Waals surface area contributed by atoms with Crippen LogP contribution in [0.15, 0.2) is 0 Å². The molecule has 0 aromatic rings. The molecule has 14 heavy (non-hydrogen) atoms. The Bertz CT molecular complexity index is 204. The predicted octanol–water partition coefficient (Wildman–Crippen LogP) is -1.29. The van der Waals surface area contributed by atoms with Gasteiger partial charge in [-0.2, -0.15) is 0 Å². The van der Waals surface area contributed by atoms with Crippen LogP contribution in [0.2, 0.25) is 0 Å². The molecule has 0 atom stereocenters. The van der Waals surface area contributed by atoms with E-state index in [2.05, 4.69) is 0 Å². The first-order valence-electron chi connectivity index (χ1n) is 4.33. The third-order valence-corrected chi connectivity index (χ3v) is 2.18. The maximum Gasteiger partial charge on any atom is 1.00 e. The van der Waals surface area contributed by atoms with Crippen LogP contribution in [-0.4, -0.2) is 22.2 Å². The van der Waals surface area contributed by atoms with Crippen LogP contribution >= 0.6 is 0 Å². The van der Waals surface area contributed by atoms with Crippen LogP contribution in [0.3, 0.4) is 0 Å². The molecule has 0 spiro atoms. The van der Waals surface area contributed by atoms with E-state index in [4.69, 9.17) is 10.2 Å². The molecule has 0 aliphatic carbocycles. The normalized spacial score (nSPS) is 10.9. The summed E-state index contributed by atoms with van der Waals surface area (Å²) in [5.41, 5.74) is -1.60. The minimum absolute atomic E-state index is 0. The second kappa shape index (κ2) is 6.95. The number of carboxylic acids is 2. The van der Waals surface area contributed by atoms with Gasteiger partial charge in [-0.1, -0.05) is 20.8 Å². The molecule has 0 unspecified atom stereocenters. The molecule has 4 nitrogen and oxygen atoms in total. The summed E-state index contributed by atoms with van der Waals surface area (Å²) in [6, 6.07) is 0. The smallest absolute Gasteiger partial charge is 1.00 e. The Morgan fingerprint density at radius 1 is 1.29 bits per heavy atom. The van der Waals surface area contributed by atoms with Gasteiger partial charge in [0, 0.05) is 0 Å². The molecule has 0 rings (SSSR count). The Kier molecular flexibility index (Phi) is 8.43. The molecule has 0 saturated heterocycles. The third-order valence-electron chi connectivity index (χ3n) is 2.18. The topological polar surface area (TPSA) is 74.6 Å². The van der Waals surface area contributed by atoms with Crippen LogP contribution in [0, 0.1) is 11.3 Å². The van der Waals surface area contributed by atoms with Crippen molar-refractivity contribution in [2.45, 2.75) is 33.6 Å². The van der Waals surface area contributed by atoms with Crippen molar-refractivity contribution in [3.05, 3.63) is 0 Å². The first-order chi connectivity index (χ1) is 5.86. The Morgan fingerprint density at radius 2 is 1.64 bits per heavy atom. The maximum absolute atomic E-state index is 10.8. The molecule has 5 heteroatoms. The number of rotatable bonds is 5. The van der Waals surface area contributed by atoms with Crippen molar-refractivity contribution in [2.24, 2.45) is 11.3 Å². The molecule has 0 fully saturated rings. The van der Waals surface area contributed by atoms with E-state index in [-0.39, 0.29) is 71.6 Å². The van der Waals surface area contributed by atoms with E-state index in [1.165, 1.54) is 0 Å². The van der Waals surface area contributed by atoms with Gasteiger partial charge in [0.25, 0.3) is 0 Å². The predicted molar refractivity (Wildman–Crippen MR) is 48.6 cm³/mol. The number of hydrogen-bond donors (Lipinski definition) is 2. The summed E-state index contributed by atoms with van der Waals surface area (Å²) < 4.78 is 0. The number of hydrogen-bond acceptors (Lipinski definition) is 2. The molecule has 0 amide bonds. The third kappa shape index (κ3) is 3.98. The Balaban J connectivity index is -0.000000720. The van der Waals surface area contributed by atoms with Crippen molar-refractivity contribution in [1.29, 1.82) is 0 Å². The Morgan fingerprint density at radius 3 is 1.71 bits per heavy atom. The molecule has 0 saturated carbocycles. The molecule has 0 aromatic heterocycles. The zero-order valence-corrected chi connectivity index (χ0v) is 12.3. The second-order valence-electron chi connectivity index (χ2n) is 3.64. The average Bonchev–Trinajstić information content (AvgIpc) is 1.98. The summed E-state index contributed by atoms with van der Waals surface area (Å²) in [6.45, 7) is 5.22. The number of carboxylic acid groups (broad SMARTS) is 2. The van der Waals surface area contributed by atoms with Gasteiger partial charge in [0.15, 0.2) is 5.41 Å². The van der Waals surface area contributed by atoms with Gasteiger partial charge in [0.1, 0.15) is 0 Å². The molecular formula is C9H17KO4. The van der Waals surface area contributed by atoms with Crippen molar-refractivity contribution in [2.75, 3.05) is 0 Å². The van der Waals surface area contributed by atoms with Crippen molar-refractivity contribution in [3.8, 4) is 0 Å². The summed E-state index contributed by atoms with van der Waals surface area (Å²) in [5, 5.41) is 17.7. The Hall–Kier alpha value is 0.576. The average molecular weight is 228 g/mol. The van der Waals surface area contributed by atoms with Crippen LogP contribution < -0.4 is 51.4 Å². The fourth-order valence-electron chi connectivity index (χ4n) is 1.41. The summed E-state index contributed by atoms with van der Waals surface area (Å²) in [7, 11) is 0. The monoisotopic (exact) mass is 228 g/mol. The van der Waals surface area contributed by atoms with E-state index in [1.54, 1.807) is 6.92 Å². The van der Waals surface area contributed by atoms with Gasteiger partial charge in [0.2, 0.25) is 0 Å². The van der Waals surface area contributed by atoms with Gasteiger partial charge < -0.3 is 11.6 Å². The van der Waals surface area contributed by atoms with E-state index in [1.807, 2.05) is 13.8 Å². The second-order valence-corrected chi connectivity index (χ2v) is 3.64. The van der Waals surface area contributed by atoms with Crippen molar-refractivity contribution in [1.82, 2.24) is 0 Å². The quantitative estimate of drug-likeness (QED) is 0.454. The van der Waals surface area contributed by atoms with Crippen LogP contribution in [0.1, 0.15) is 35.0 Å². The van der Waals surface area contributed by atoms with Gasteiger partial charge in [-0.05, 0) is 18.8 Å². The van der Waals surface area contributed by atoms with E-state index in [0.29, 0.717) is 0 Å². The van der Waals surface area contributed by atoms with Crippen LogP contribution in [-0.2, 0) is 9.59 Å². The summed E-state index contributed by atoms with van der Waals surface area (Å²) in [4.78, 5) is 21.7. The minimum Gasteiger partial charge on any atom is -1.00 e. The number of carbonyl (C=O) groups is 2. The first kappa shape index (κ1) is 17.0. The first-order valence-corrected chi connectivity index (χ1v) is 4.33.